The number of benzene rings is 1. The Morgan fingerprint density at radius 3 is 2.61 bits per heavy atom. The van der Waals surface area contributed by atoms with Crippen LogP contribution in [0.3, 0.4) is 0 Å². The van der Waals surface area contributed by atoms with Crippen LogP contribution in [0.4, 0.5) is 4.79 Å². The molecule has 1 aliphatic rings. The maximum atomic E-state index is 12.1. The van der Waals surface area contributed by atoms with Crippen LogP contribution in [0.1, 0.15) is 25.5 Å². The summed E-state index contributed by atoms with van der Waals surface area (Å²) in [4.78, 5) is 23.9. The van der Waals surface area contributed by atoms with Gasteiger partial charge < -0.3 is 24.8 Å². The van der Waals surface area contributed by atoms with E-state index in [9.17, 15) is 9.59 Å². The number of hydrogen-bond acceptors (Lipinski definition) is 5. The third-order valence-electron chi connectivity index (χ3n) is 3.50. The molecule has 0 radical (unpaired) electrons. The summed E-state index contributed by atoms with van der Waals surface area (Å²) in [5, 5.41) is 5.31. The fraction of sp³-hybridized carbons (Fsp3) is 0.375. The van der Waals surface area contributed by atoms with Crippen molar-refractivity contribution in [3.8, 4) is 11.5 Å². The highest BCUT2D eigenvalue weighted by atomic mass is 16.5. The van der Waals surface area contributed by atoms with Crippen molar-refractivity contribution in [1.29, 1.82) is 0 Å². The molecule has 0 saturated heterocycles. The molecule has 124 valence electrons. The molecule has 1 aromatic carbocycles. The van der Waals surface area contributed by atoms with Gasteiger partial charge in [-0.3, -0.25) is 0 Å². The molecule has 2 N–H and O–H groups in total. The number of nitrogens with one attached hydrogen (secondary N) is 2. The zero-order valence-electron chi connectivity index (χ0n) is 13.6. The van der Waals surface area contributed by atoms with E-state index in [0.717, 1.165) is 0 Å². The quantitative estimate of drug-likeness (QED) is 0.809. The topological polar surface area (TPSA) is 85.9 Å². The average molecular weight is 320 g/mol. The summed E-state index contributed by atoms with van der Waals surface area (Å²) in [6, 6.07) is 4.25. The van der Waals surface area contributed by atoms with Gasteiger partial charge in [0.05, 0.1) is 32.4 Å². The van der Waals surface area contributed by atoms with Gasteiger partial charge in [-0.1, -0.05) is 6.07 Å². The number of methoxy groups -OCH3 is 2. The van der Waals surface area contributed by atoms with Crippen molar-refractivity contribution in [3.05, 3.63) is 35.0 Å². The molecular weight excluding hydrogens is 300 g/mol. The molecule has 23 heavy (non-hydrogen) atoms. The highest BCUT2D eigenvalue weighted by Crippen LogP contribution is 2.34. The number of ether oxygens (including phenoxy) is 3. The second-order valence-corrected chi connectivity index (χ2v) is 4.91. The van der Waals surface area contributed by atoms with Crippen LogP contribution in [0.5, 0.6) is 11.5 Å². The average Bonchev–Trinajstić information content (AvgIpc) is 2.53. The van der Waals surface area contributed by atoms with Crippen molar-refractivity contribution in [2.24, 2.45) is 0 Å². The highest BCUT2D eigenvalue weighted by Gasteiger charge is 2.32. The lowest BCUT2D eigenvalue weighted by Gasteiger charge is -2.28. The molecule has 7 nitrogen and oxygen atoms in total. The van der Waals surface area contributed by atoms with Gasteiger partial charge in [0, 0.05) is 5.70 Å². The van der Waals surface area contributed by atoms with Gasteiger partial charge in [0.15, 0.2) is 11.5 Å². The molecular formula is C16H20N2O5. The number of urea groups is 1. The number of amides is 2. The van der Waals surface area contributed by atoms with E-state index >= 15 is 0 Å². The molecule has 1 aromatic rings. The molecule has 1 heterocycles. The van der Waals surface area contributed by atoms with E-state index in [2.05, 4.69) is 10.6 Å². The number of hydrogen-bond donors (Lipinski definition) is 2. The van der Waals surface area contributed by atoms with Gasteiger partial charge in [-0.05, 0) is 31.5 Å². The van der Waals surface area contributed by atoms with Gasteiger partial charge in [-0.15, -0.1) is 0 Å². The van der Waals surface area contributed by atoms with E-state index in [4.69, 9.17) is 14.2 Å². The lowest BCUT2D eigenvalue weighted by molar-refractivity contribution is -0.136. The van der Waals surface area contributed by atoms with Crippen molar-refractivity contribution < 1.29 is 23.8 Å². The third-order valence-corrected chi connectivity index (χ3v) is 3.50. The molecule has 2 amide bonds. The van der Waals surface area contributed by atoms with E-state index in [0.29, 0.717) is 34.9 Å². The molecule has 1 atom stereocenters. The molecule has 0 aliphatic carbocycles. The summed E-state index contributed by atoms with van der Waals surface area (Å²) in [6.45, 7) is 3.99. The fourth-order valence-electron chi connectivity index (χ4n) is 2.47. The van der Waals surface area contributed by atoms with Crippen molar-refractivity contribution in [3.63, 3.8) is 0 Å². The van der Waals surface area contributed by atoms with Gasteiger partial charge in [0.1, 0.15) is 0 Å². The molecule has 1 aliphatic heterocycles. The number of rotatable bonds is 5. The fourth-order valence-corrected chi connectivity index (χ4v) is 2.47. The van der Waals surface area contributed by atoms with Gasteiger partial charge in [0.2, 0.25) is 0 Å². The Labute approximate surface area is 134 Å². The summed E-state index contributed by atoms with van der Waals surface area (Å²) >= 11 is 0. The lowest BCUT2D eigenvalue weighted by atomic mass is 9.95. The Morgan fingerprint density at radius 2 is 2.00 bits per heavy atom. The first kappa shape index (κ1) is 16.7. The van der Waals surface area contributed by atoms with Crippen LogP contribution in [0.15, 0.2) is 29.5 Å². The Balaban J connectivity index is 2.49. The molecule has 0 aromatic heterocycles. The predicted molar refractivity (Wildman–Crippen MR) is 83.3 cm³/mol. The normalized spacial score (nSPS) is 17.2. The molecule has 0 saturated carbocycles. The Kier molecular flexibility index (Phi) is 5.10. The maximum absolute atomic E-state index is 12.1. The summed E-state index contributed by atoms with van der Waals surface area (Å²) in [5.41, 5.74) is 1.50. The first-order chi connectivity index (χ1) is 11.0. The second-order valence-electron chi connectivity index (χ2n) is 4.91. The molecule has 0 bridgehead atoms. The van der Waals surface area contributed by atoms with Crippen LogP contribution in [0.2, 0.25) is 0 Å². The number of allylic oxidation sites excluding steroid dienone is 1. The van der Waals surface area contributed by atoms with Crippen LogP contribution in [-0.2, 0) is 9.53 Å². The summed E-state index contributed by atoms with van der Waals surface area (Å²) in [6.07, 6.45) is 0. The first-order valence-corrected chi connectivity index (χ1v) is 7.19. The zero-order valence-corrected chi connectivity index (χ0v) is 13.6. The van der Waals surface area contributed by atoms with E-state index in [-0.39, 0.29) is 6.03 Å². The number of carbonyl (C=O) groups is 2. The monoisotopic (exact) mass is 320 g/mol. The van der Waals surface area contributed by atoms with Gasteiger partial charge in [-0.25, -0.2) is 9.59 Å². The maximum Gasteiger partial charge on any atom is 0.337 e. The smallest absolute Gasteiger partial charge is 0.337 e. The van der Waals surface area contributed by atoms with Crippen LogP contribution in [-0.4, -0.2) is 32.8 Å². The molecule has 0 fully saturated rings. The van der Waals surface area contributed by atoms with Crippen LogP contribution < -0.4 is 20.1 Å². The summed E-state index contributed by atoms with van der Waals surface area (Å²) < 4.78 is 15.6. The Hall–Kier alpha value is -2.70. The number of carbonyl (C=O) groups excluding carboxylic acids is 2. The molecule has 0 spiro atoms. The van der Waals surface area contributed by atoms with E-state index in [1.807, 2.05) is 6.92 Å². The van der Waals surface area contributed by atoms with Gasteiger partial charge in [-0.2, -0.15) is 0 Å². The van der Waals surface area contributed by atoms with E-state index in [1.54, 1.807) is 32.2 Å². The number of esters is 1. The SMILES string of the molecule is CCOc1cc(C2NC(=O)NC(C)=C2C(=O)OC)ccc1OC. The van der Waals surface area contributed by atoms with Gasteiger partial charge in [0.25, 0.3) is 0 Å². The van der Waals surface area contributed by atoms with Crippen molar-refractivity contribution in [2.45, 2.75) is 19.9 Å². The Bertz CT molecular complexity index is 654. The minimum Gasteiger partial charge on any atom is -0.493 e. The van der Waals surface area contributed by atoms with Crippen molar-refractivity contribution >= 4 is 12.0 Å². The van der Waals surface area contributed by atoms with Crippen LogP contribution in [0.25, 0.3) is 0 Å². The van der Waals surface area contributed by atoms with E-state index in [1.165, 1.54) is 7.11 Å². The van der Waals surface area contributed by atoms with Crippen LogP contribution >= 0.6 is 0 Å². The molecule has 7 heteroatoms. The van der Waals surface area contributed by atoms with Crippen molar-refractivity contribution in [1.82, 2.24) is 10.6 Å². The van der Waals surface area contributed by atoms with Gasteiger partial charge >= 0.3 is 12.0 Å². The molecule has 2 rings (SSSR count). The Morgan fingerprint density at radius 1 is 1.26 bits per heavy atom. The molecule has 1 unspecified atom stereocenters. The third kappa shape index (κ3) is 3.39. The summed E-state index contributed by atoms with van der Waals surface area (Å²) in [5.74, 6) is 0.618. The zero-order chi connectivity index (χ0) is 17.0. The predicted octanol–water partition coefficient (Wildman–Crippen LogP) is 1.89. The first-order valence-electron chi connectivity index (χ1n) is 7.19. The largest absolute Gasteiger partial charge is 0.493 e. The lowest BCUT2D eigenvalue weighted by Crippen LogP contribution is -2.45. The second kappa shape index (κ2) is 7.04. The highest BCUT2D eigenvalue weighted by molar-refractivity contribution is 5.94. The minimum absolute atomic E-state index is 0.347. The van der Waals surface area contributed by atoms with E-state index < -0.39 is 12.0 Å². The standard InChI is InChI=1S/C16H20N2O5/c1-5-23-12-8-10(6-7-11(12)21-3)14-13(15(19)22-4)9(2)17-16(20)18-14/h6-8,14H,5H2,1-4H3,(H2,17,18,20). The van der Waals surface area contributed by atoms with Crippen molar-refractivity contribution in [2.75, 3.05) is 20.8 Å². The summed E-state index contributed by atoms with van der Waals surface area (Å²) in [7, 11) is 2.85. The van der Waals surface area contributed by atoms with Crippen LogP contribution in [0, 0.1) is 0 Å². The minimum atomic E-state index is -0.624.